The molecule has 0 aliphatic rings. The summed E-state index contributed by atoms with van der Waals surface area (Å²) in [6.07, 6.45) is 0. The Morgan fingerprint density at radius 2 is 1.88 bits per heavy atom. The second kappa shape index (κ2) is 3.22. The highest BCUT2D eigenvalue weighted by molar-refractivity contribution is 8.40. The second-order valence-electron chi connectivity index (χ2n) is 1.71. The SMILES string of the molecule is CC(C)=CP(=S)(Cl)Cl. The van der Waals surface area contributed by atoms with E-state index < -0.39 is 4.74 Å². The van der Waals surface area contributed by atoms with Gasteiger partial charge in [0.2, 0.25) is 0 Å². The van der Waals surface area contributed by atoms with Gasteiger partial charge in [-0.3, -0.25) is 0 Å². The summed E-state index contributed by atoms with van der Waals surface area (Å²) >= 11 is 15.8. The number of halogens is 2. The molecule has 0 fully saturated rings. The van der Waals surface area contributed by atoms with Gasteiger partial charge in [-0.1, -0.05) is 39.9 Å². The molecule has 0 bridgehead atoms. The van der Waals surface area contributed by atoms with E-state index in [1.54, 1.807) is 5.82 Å². The molecule has 0 aromatic rings. The molecule has 0 aliphatic carbocycles. The molecular formula is C4H7Cl2PS. The minimum Gasteiger partial charge on any atom is -0.0730 e. The van der Waals surface area contributed by atoms with Crippen molar-refractivity contribution in [2.45, 2.75) is 13.8 Å². The molecule has 0 atom stereocenters. The van der Waals surface area contributed by atoms with Crippen molar-refractivity contribution in [2.24, 2.45) is 0 Å². The van der Waals surface area contributed by atoms with Crippen molar-refractivity contribution in [3.63, 3.8) is 0 Å². The summed E-state index contributed by atoms with van der Waals surface area (Å²) in [4.78, 5) is 0. The largest absolute Gasteiger partial charge is 0.140 e. The van der Waals surface area contributed by atoms with Crippen molar-refractivity contribution in [1.82, 2.24) is 0 Å². The van der Waals surface area contributed by atoms with Crippen LogP contribution in [0.4, 0.5) is 0 Å². The third-order valence-electron chi connectivity index (χ3n) is 0.408. The van der Waals surface area contributed by atoms with Gasteiger partial charge in [0.05, 0.1) is 0 Å². The maximum Gasteiger partial charge on any atom is 0.140 e. The van der Waals surface area contributed by atoms with Crippen molar-refractivity contribution in [3.05, 3.63) is 11.4 Å². The Labute approximate surface area is 64.5 Å². The summed E-state index contributed by atoms with van der Waals surface area (Å²) in [6.45, 7) is 3.84. The number of allylic oxidation sites excluding steroid dienone is 1. The minimum atomic E-state index is -2.11. The van der Waals surface area contributed by atoms with Gasteiger partial charge < -0.3 is 0 Å². The van der Waals surface area contributed by atoms with Crippen LogP contribution < -0.4 is 0 Å². The minimum absolute atomic E-state index is 1.08. The Kier molecular flexibility index (Phi) is 3.61. The Bertz CT molecular complexity index is 142. The predicted molar refractivity (Wildman–Crippen MR) is 45.4 cm³/mol. The van der Waals surface area contributed by atoms with Gasteiger partial charge in [0.25, 0.3) is 0 Å². The molecular weight excluding hydrogens is 182 g/mol. The van der Waals surface area contributed by atoms with E-state index in [0.29, 0.717) is 0 Å². The van der Waals surface area contributed by atoms with E-state index in [1.807, 2.05) is 13.8 Å². The molecule has 0 nitrogen and oxygen atoms in total. The fraction of sp³-hybridized carbons (Fsp3) is 0.500. The summed E-state index contributed by atoms with van der Waals surface area (Å²) < 4.78 is -2.11. The highest BCUT2D eigenvalue weighted by Crippen LogP contribution is 2.59. The molecule has 0 amide bonds. The summed E-state index contributed by atoms with van der Waals surface area (Å²) in [5.41, 5.74) is 1.08. The third kappa shape index (κ3) is 6.97. The highest BCUT2D eigenvalue weighted by Gasteiger charge is 2.00. The van der Waals surface area contributed by atoms with Crippen LogP contribution in [0.3, 0.4) is 0 Å². The van der Waals surface area contributed by atoms with Crippen molar-refractivity contribution >= 4 is 39.0 Å². The molecule has 0 heterocycles. The first kappa shape index (κ1) is 8.97. The molecule has 48 valence electrons. The zero-order valence-corrected chi connectivity index (χ0v) is 7.91. The molecule has 0 unspecified atom stereocenters. The fourth-order valence-electron chi connectivity index (χ4n) is 0.301. The molecule has 4 heteroatoms. The second-order valence-corrected chi connectivity index (χ2v) is 9.62. The Balaban J connectivity index is 4.11. The predicted octanol–water partition coefficient (Wildman–Crippen LogP) is 3.70. The van der Waals surface area contributed by atoms with E-state index in [1.165, 1.54) is 0 Å². The zero-order chi connectivity index (χ0) is 6.78. The first-order valence-corrected chi connectivity index (χ1v) is 6.75. The topological polar surface area (TPSA) is 0 Å². The van der Waals surface area contributed by atoms with Crippen LogP contribution in [0.2, 0.25) is 0 Å². The summed E-state index contributed by atoms with van der Waals surface area (Å²) in [7, 11) is 0. The molecule has 0 N–H and O–H groups in total. The lowest BCUT2D eigenvalue weighted by atomic mass is 10.4. The molecule has 0 aliphatic heterocycles. The lowest BCUT2D eigenvalue weighted by Crippen LogP contribution is -1.57. The molecule has 0 spiro atoms. The van der Waals surface area contributed by atoms with Gasteiger partial charge in [0.1, 0.15) is 4.74 Å². The average Bonchev–Trinajstić information content (AvgIpc) is 1.21. The van der Waals surface area contributed by atoms with E-state index in [-0.39, 0.29) is 0 Å². The summed E-state index contributed by atoms with van der Waals surface area (Å²) in [5.74, 6) is 1.73. The normalized spacial score (nSPS) is 11.0. The Morgan fingerprint density at radius 1 is 1.50 bits per heavy atom. The van der Waals surface area contributed by atoms with Crippen LogP contribution in [0, 0.1) is 0 Å². The quantitative estimate of drug-likeness (QED) is 0.566. The van der Waals surface area contributed by atoms with Crippen molar-refractivity contribution in [1.29, 1.82) is 0 Å². The standard InChI is InChI=1S/C4H7Cl2PS/c1-4(2)3-7(5,6)8/h3H,1-2H3. The van der Waals surface area contributed by atoms with E-state index >= 15 is 0 Å². The van der Waals surface area contributed by atoms with Gasteiger partial charge in [-0.25, -0.2) is 0 Å². The first-order valence-electron chi connectivity index (χ1n) is 2.07. The maximum atomic E-state index is 5.54. The van der Waals surface area contributed by atoms with Crippen LogP contribution >= 0.6 is 27.2 Å². The number of hydrogen-bond donors (Lipinski definition) is 0. The van der Waals surface area contributed by atoms with Crippen molar-refractivity contribution < 1.29 is 0 Å². The molecule has 0 rings (SSSR count). The Hall–Kier alpha value is 0.970. The Morgan fingerprint density at radius 3 is 1.88 bits per heavy atom. The molecule has 0 aromatic carbocycles. The molecule has 0 aromatic heterocycles. The monoisotopic (exact) mass is 188 g/mol. The van der Waals surface area contributed by atoms with Crippen LogP contribution in [0.5, 0.6) is 0 Å². The molecule has 0 saturated carbocycles. The zero-order valence-electron chi connectivity index (χ0n) is 4.69. The molecule has 0 saturated heterocycles. The lowest BCUT2D eigenvalue weighted by Gasteiger charge is -1.95. The van der Waals surface area contributed by atoms with Crippen LogP contribution in [-0.2, 0) is 11.8 Å². The maximum absolute atomic E-state index is 5.54. The van der Waals surface area contributed by atoms with Gasteiger partial charge in [0, 0.05) is 0 Å². The third-order valence-corrected chi connectivity index (χ3v) is 2.13. The van der Waals surface area contributed by atoms with Crippen molar-refractivity contribution in [3.8, 4) is 0 Å². The fourth-order valence-corrected chi connectivity index (χ4v) is 2.71. The highest BCUT2D eigenvalue weighted by atomic mass is 35.9. The van der Waals surface area contributed by atoms with Gasteiger partial charge >= 0.3 is 0 Å². The van der Waals surface area contributed by atoms with E-state index in [2.05, 4.69) is 0 Å². The summed E-state index contributed by atoms with van der Waals surface area (Å²) in [6, 6.07) is 0. The summed E-state index contributed by atoms with van der Waals surface area (Å²) in [5, 5.41) is 0. The number of rotatable bonds is 1. The average molecular weight is 189 g/mol. The lowest BCUT2D eigenvalue weighted by molar-refractivity contribution is 1.41. The first-order chi connectivity index (χ1) is 3.42. The van der Waals surface area contributed by atoms with Gasteiger partial charge in [-0.15, -0.1) is 0 Å². The van der Waals surface area contributed by atoms with Crippen molar-refractivity contribution in [2.75, 3.05) is 0 Å². The van der Waals surface area contributed by atoms with Crippen LogP contribution in [0.25, 0.3) is 0 Å². The van der Waals surface area contributed by atoms with E-state index in [9.17, 15) is 0 Å². The van der Waals surface area contributed by atoms with Crippen LogP contribution in [0.15, 0.2) is 11.4 Å². The van der Waals surface area contributed by atoms with E-state index in [4.69, 9.17) is 34.3 Å². The van der Waals surface area contributed by atoms with E-state index in [0.717, 1.165) is 5.57 Å². The van der Waals surface area contributed by atoms with Gasteiger partial charge in [-0.05, 0) is 19.7 Å². The molecule has 8 heavy (non-hydrogen) atoms. The number of hydrogen-bond acceptors (Lipinski definition) is 1. The smallest absolute Gasteiger partial charge is 0.0730 e. The van der Waals surface area contributed by atoms with Crippen LogP contribution in [0.1, 0.15) is 13.8 Å². The molecule has 0 radical (unpaired) electrons. The van der Waals surface area contributed by atoms with Crippen LogP contribution in [-0.4, -0.2) is 0 Å². The van der Waals surface area contributed by atoms with Gasteiger partial charge in [0.15, 0.2) is 0 Å². The van der Waals surface area contributed by atoms with Gasteiger partial charge in [-0.2, -0.15) is 0 Å².